The zero-order valence-electron chi connectivity index (χ0n) is 22.4. The molecule has 1 aliphatic rings. The van der Waals surface area contributed by atoms with Gasteiger partial charge in [-0.2, -0.15) is 9.97 Å². The third kappa shape index (κ3) is 9.71. The lowest BCUT2D eigenvalue weighted by Gasteiger charge is -2.26. The van der Waals surface area contributed by atoms with Gasteiger partial charge in [-0.05, 0) is 39.5 Å². The number of nitrogens with two attached hydrogens (primary N) is 1. The average Bonchev–Trinajstić information content (AvgIpc) is 3.60. The molecule has 0 bridgehead atoms. The molecule has 15 heteroatoms. The first-order valence-corrected chi connectivity index (χ1v) is 14.9. The minimum atomic E-state index is -3.59. The highest BCUT2D eigenvalue weighted by Crippen LogP contribution is 2.37. The van der Waals surface area contributed by atoms with Gasteiger partial charge in [0.2, 0.25) is 13.4 Å². The Hall–Kier alpha value is -2.80. The fraction of sp³-hybridized carbons (Fsp3) is 0.708. The highest BCUT2D eigenvalue weighted by atomic mass is 31.2. The Bertz CT molecular complexity index is 1110. The van der Waals surface area contributed by atoms with E-state index in [1.54, 1.807) is 24.7 Å². The van der Waals surface area contributed by atoms with Gasteiger partial charge < -0.3 is 29.8 Å². The van der Waals surface area contributed by atoms with E-state index >= 15 is 0 Å². The molecule has 0 amide bonds. The highest BCUT2D eigenvalue weighted by Gasteiger charge is 2.32. The molecule has 14 nitrogen and oxygen atoms in total. The molecule has 39 heavy (non-hydrogen) atoms. The summed E-state index contributed by atoms with van der Waals surface area (Å²) in [6.07, 6.45) is 4.80. The van der Waals surface area contributed by atoms with Gasteiger partial charge in [0.1, 0.15) is 18.4 Å². The summed E-state index contributed by atoms with van der Waals surface area (Å²) in [6, 6.07) is -1.41. The van der Waals surface area contributed by atoms with Gasteiger partial charge in [-0.1, -0.05) is 21.3 Å². The van der Waals surface area contributed by atoms with E-state index in [0.717, 1.165) is 12.8 Å². The number of nitrogens with zero attached hydrogens (tertiary/aromatic N) is 4. The lowest BCUT2D eigenvalue weighted by molar-refractivity contribution is -0.145. The number of nitrogen functional groups attached to an aromatic ring is 1. The molecule has 1 saturated carbocycles. The molecule has 2 unspecified atom stereocenters. The topological polar surface area (TPSA) is 185 Å². The van der Waals surface area contributed by atoms with Crippen molar-refractivity contribution in [3.05, 3.63) is 6.33 Å². The number of carbonyl (C=O) groups is 2. The molecule has 0 radical (unpaired) electrons. The number of hydrogen-bond acceptors (Lipinski definition) is 11. The number of anilines is 2. The van der Waals surface area contributed by atoms with Gasteiger partial charge in [0.15, 0.2) is 17.0 Å². The Kier molecular flexibility index (Phi) is 12.6. The molecule has 0 aromatic carbocycles. The largest absolute Gasteiger partial charge is 0.465 e. The summed E-state index contributed by atoms with van der Waals surface area (Å²) in [5.74, 6) is -0.365. The van der Waals surface area contributed by atoms with Gasteiger partial charge in [-0.15, -0.1) is 0 Å². The second-order valence-electron chi connectivity index (χ2n) is 9.27. The van der Waals surface area contributed by atoms with Crippen molar-refractivity contribution in [3.63, 3.8) is 0 Å². The number of esters is 2. The predicted octanol–water partition coefficient (Wildman–Crippen LogP) is 2.65. The van der Waals surface area contributed by atoms with Crippen LogP contribution in [-0.4, -0.2) is 75.8 Å². The zero-order chi connectivity index (χ0) is 27.7. The van der Waals surface area contributed by atoms with Crippen LogP contribution in [0.3, 0.4) is 0 Å². The second-order valence-corrected chi connectivity index (χ2v) is 11.5. The van der Waals surface area contributed by atoms with Crippen LogP contribution in [0.1, 0.15) is 60.8 Å². The normalized spacial score (nSPS) is 16.1. The monoisotopic (exact) mass is 570 g/mol. The first kappa shape index (κ1) is 32.4. The van der Waals surface area contributed by atoms with E-state index in [4.69, 9.17) is 19.9 Å². The van der Waals surface area contributed by atoms with Crippen LogP contribution in [0, 0.1) is 0 Å². The summed E-state index contributed by atoms with van der Waals surface area (Å²) in [5.41, 5.74) is 7.07. The molecule has 220 valence electrons. The second kappa shape index (κ2) is 15.1. The van der Waals surface area contributed by atoms with Crippen molar-refractivity contribution in [2.45, 2.75) is 85.5 Å². The first-order chi connectivity index (χ1) is 18.2. The number of rotatable bonds is 17. The van der Waals surface area contributed by atoms with Crippen LogP contribution in [0.25, 0.3) is 11.2 Å². The summed E-state index contributed by atoms with van der Waals surface area (Å²) in [4.78, 5) is 37.5. The van der Waals surface area contributed by atoms with Crippen molar-refractivity contribution in [3.8, 4) is 0 Å². The SMILES string of the molecule is C.CCCOC(=O)C(C)NP(=O)(COCCn1cnc2c(NC3CC3)nc(N)nc21)NC(C)C(=O)OCCC. The van der Waals surface area contributed by atoms with Gasteiger partial charge in [0, 0.05) is 12.6 Å². The summed E-state index contributed by atoms with van der Waals surface area (Å²) in [5, 5.41) is 8.87. The molecular weight excluding hydrogens is 527 g/mol. The lowest BCUT2D eigenvalue weighted by Crippen LogP contribution is -2.43. The van der Waals surface area contributed by atoms with Crippen molar-refractivity contribution in [2.75, 3.05) is 37.2 Å². The smallest absolute Gasteiger partial charge is 0.323 e. The fourth-order valence-electron chi connectivity index (χ4n) is 3.50. The van der Waals surface area contributed by atoms with E-state index in [0.29, 0.717) is 42.4 Å². The van der Waals surface area contributed by atoms with Gasteiger partial charge in [-0.3, -0.25) is 14.2 Å². The number of imidazole rings is 1. The Morgan fingerprint density at radius 2 is 1.67 bits per heavy atom. The van der Waals surface area contributed by atoms with Gasteiger partial charge >= 0.3 is 11.9 Å². The Labute approximate surface area is 229 Å². The molecule has 2 atom stereocenters. The van der Waals surface area contributed by atoms with E-state index in [-0.39, 0.29) is 39.5 Å². The number of hydrogen-bond donors (Lipinski definition) is 4. The number of aromatic nitrogens is 4. The molecule has 2 heterocycles. The average molecular weight is 571 g/mol. The fourth-order valence-corrected chi connectivity index (χ4v) is 5.57. The number of ether oxygens (including phenoxy) is 3. The molecule has 0 aliphatic heterocycles. The Morgan fingerprint density at radius 1 is 1.08 bits per heavy atom. The Balaban J connectivity index is 0.00000533. The maximum Gasteiger partial charge on any atom is 0.323 e. The van der Waals surface area contributed by atoms with Crippen LogP contribution < -0.4 is 21.2 Å². The lowest BCUT2D eigenvalue weighted by atomic mass is 10.4. The van der Waals surface area contributed by atoms with Gasteiger partial charge in [0.05, 0.1) is 26.1 Å². The maximum absolute atomic E-state index is 13.7. The van der Waals surface area contributed by atoms with Crippen molar-refractivity contribution >= 4 is 42.3 Å². The van der Waals surface area contributed by atoms with Crippen molar-refractivity contribution in [1.82, 2.24) is 29.7 Å². The van der Waals surface area contributed by atoms with Crippen LogP contribution in [-0.2, 0) is 34.9 Å². The van der Waals surface area contributed by atoms with Crippen LogP contribution in [0.15, 0.2) is 6.33 Å². The molecule has 1 fully saturated rings. The summed E-state index contributed by atoms with van der Waals surface area (Å²) in [6.45, 7) is 7.85. The minimum Gasteiger partial charge on any atom is -0.465 e. The van der Waals surface area contributed by atoms with E-state index in [1.807, 2.05) is 13.8 Å². The minimum absolute atomic E-state index is 0. The standard InChI is InChI=1S/C23H39N8O6P.CH4/c1-5-10-36-21(32)15(3)29-38(34,30-16(4)22(33)37-11-6-2)14-35-12-9-31-13-25-18-19(26-17-7-8-17)27-23(24)28-20(18)31;/h13,15-17H,5-12,14H2,1-4H3,(H2,29,30,34)(H3,24,26,27,28);1H4. The Morgan fingerprint density at radius 3 is 2.21 bits per heavy atom. The predicted molar refractivity (Wildman–Crippen MR) is 149 cm³/mol. The molecule has 3 rings (SSSR count). The van der Waals surface area contributed by atoms with Crippen molar-refractivity contribution in [2.24, 2.45) is 0 Å². The number of carbonyl (C=O) groups excluding carboxylic acids is 2. The molecule has 0 spiro atoms. The first-order valence-electron chi connectivity index (χ1n) is 13.0. The van der Waals surface area contributed by atoms with E-state index in [2.05, 4.69) is 30.4 Å². The number of nitrogens with one attached hydrogen (secondary N) is 3. The molecule has 1 aliphatic carbocycles. The van der Waals surface area contributed by atoms with Crippen LogP contribution >= 0.6 is 7.44 Å². The molecule has 5 N–H and O–H groups in total. The zero-order valence-corrected chi connectivity index (χ0v) is 23.3. The third-order valence-corrected chi connectivity index (χ3v) is 7.71. The summed E-state index contributed by atoms with van der Waals surface area (Å²) in [7, 11) is -3.59. The van der Waals surface area contributed by atoms with E-state index in [9.17, 15) is 14.2 Å². The van der Waals surface area contributed by atoms with Crippen LogP contribution in [0.5, 0.6) is 0 Å². The van der Waals surface area contributed by atoms with E-state index in [1.165, 1.54) is 0 Å². The van der Waals surface area contributed by atoms with Gasteiger partial charge in [0.25, 0.3) is 0 Å². The summed E-state index contributed by atoms with van der Waals surface area (Å²) >= 11 is 0. The molecular formula is C24H43N8O6P. The summed E-state index contributed by atoms with van der Waals surface area (Å²) < 4.78 is 31.5. The van der Waals surface area contributed by atoms with Crippen molar-refractivity contribution in [1.29, 1.82) is 0 Å². The van der Waals surface area contributed by atoms with Crippen LogP contribution in [0.2, 0.25) is 0 Å². The molecule has 2 aromatic rings. The van der Waals surface area contributed by atoms with Crippen molar-refractivity contribution < 1.29 is 28.4 Å². The number of fused-ring (bicyclic) bond motifs is 1. The van der Waals surface area contributed by atoms with Gasteiger partial charge in [-0.25, -0.2) is 15.2 Å². The quantitative estimate of drug-likeness (QED) is 0.124. The van der Waals surface area contributed by atoms with E-state index < -0.39 is 31.5 Å². The maximum atomic E-state index is 13.7. The van der Waals surface area contributed by atoms with Crippen LogP contribution in [0.4, 0.5) is 11.8 Å². The molecule has 2 aromatic heterocycles. The highest BCUT2D eigenvalue weighted by molar-refractivity contribution is 7.59. The third-order valence-electron chi connectivity index (χ3n) is 5.56. The molecule has 0 saturated heterocycles.